The molecule has 0 bridgehead atoms. The number of esters is 2. The molecule has 0 spiro atoms. The molecule has 0 aromatic rings. The molecule has 232 valence electrons. The van der Waals surface area contributed by atoms with Gasteiger partial charge >= 0.3 is 11.9 Å². The number of carbonyl (C=O) groups is 2. The third-order valence-electron chi connectivity index (χ3n) is 7.88. The molecule has 0 aliphatic rings. The Kier molecular flexibility index (Phi) is 26.3. The van der Waals surface area contributed by atoms with Gasteiger partial charge in [0.2, 0.25) is 0 Å². The number of carbonyl (C=O) groups excluding carboxylic acids is 2. The van der Waals surface area contributed by atoms with E-state index in [4.69, 9.17) is 9.47 Å². The van der Waals surface area contributed by atoms with Gasteiger partial charge in [-0.3, -0.25) is 9.59 Å². The Morgan fingerprint density at radius 2 is 1.03 bits per heavy atom. The van der Waals surface area contributed by atoms with Crippen molar-refractivity contribution in [2.75, 3.05) is 27.2 Å². The second-order valence-corrected chi connectivity index (χ2v) is 12.2. The molecule has 5 nitrogen and oxygen atoms in total. The van der Waals surface area contributed by atoms with Crippen LogP contribution in [-0.4, -0.2) is 50.2 Å². The van der Waals surface area contributed by atoms with Crippen LogP contribution in [0.2, 0.25) is 0 Å². The van der Waals surface area contributed by atoms with Crippen LogP contribution < -0.4 is 0 Å². The van der Waals surface area contributed by atoms with E-state index in [1.165, 1.54) is 83.5 Å². The standard InChI is InChI=1S/C34H67NO4/c1-7-10-13-16-17-18-19-20-23-26-32(39-33(36)30(4)27-28-35(5)6)29-38-34(37)31(24-21-14-11-8-2)25-22-15-12-9-3/h30-32H,7-29H2,1-6H3. The van der Waals surface area contributed by atoms with Gasteiger partial charge in [-0.05, 0) is 52.7 Å². The van der Waals surface area contributed by atoms with Crippen LogP contribution in [0.15, 0.2) is 0 Å². The topological polar surface area (TPSA) is 55.8 Å². The summed E-state index contributed by atoms with van der Waals surface area (Å²) in [6.45, 7) is 9.68. The smallest absolute Gasteiger partial charge is 0.309 e. The molecule has 5 heteroatoms. The van der Waals surface area contributed by atoms with E-state index in [1.54, 1.807) is 0 Å². The van der Waals surface area contributed by atoms with Crippen LogP contribution in [0, 0.1) is 11.8 Å². The summed E-state index contributed by atoms with van der Waals surface area (Å²) in [5.74, 6) is -0.429. The Labute approximate surface area is 243 Å². The maximum absolute atomic E-state index is 13.1. The number of hydrogen-bond acceptors (Lipinski definition) is 5. The first-order valence-electron chi connectivity index (χ1n) is 16.9. The largest absolute Gasteiger partial charge is 0.462 e. The molecule has 2 atom stereocenters. The van der Waals surface area contributed by atoms with Crippen LogP contribution in [-0.2, 0) is 19.1 Å². The Balaban J connectivity index is 4.85. The normalized spacial score (nSPS) is 13.1. The highest BCUT2D eigenvalue weighted by Crippen LogP contribution is 2.21. The van der Waals surface area contributed by atoms with Crippen molar-refractivity contribution in [1.29, 1.82) is 0 Å². The number of hydrogen-bond donors (Lipinski definition) is 0. The zero-order chi connectivity index (χ0) is 29.1. The minimum absolute atomic E-state index is 0.0261. The second kappa shape index (κ2) is 27.1. The second-order valence-electron chi connectivity index (χ2n) is 12.2. The minimum Gasteiger partial charge on any atom is -0.462 e. The first-order valence-corrected chi connectivity index (χ1v) is 16.9. The van der Waals surface area contributed by atoms with Gasteiger partial charge in [-0.15, -0.1) is 0 Å². The van der Waals surface area contributed by atoms with Crippen molar-refractivity contribution in [3.8, 4) is 0 Å². The predicted octanol–water partition coefficient (Wildman–Crippen LogP) is 9.51. The Bertz CT molecular complexity index is 553. The van der Waals surface area contributed by atoms with Crippen molar-refractivity contribution in [2.24, 2.45) is 11.8 Å². The van der Waals surface area contributed by atoms with Gasteiger partial charge in [-0.25, -0.2) is 0 Å². The molecule has 0 aromatic carbocycles. The lowest BCUT2D eigenvalue weighted by Gasteiger charge is -2.22. The molecule has 0 aliphatic carbocycles. The quantitative estimate of drug-likeness (QED) is 0.0713. The minimum atomic E-state index is -0.339. The summed E-state index contributed by atoms with van der Waals surface area (Å²) in [4.78, 5) is 28.0. The van der Waals surface area contributed by atoms with Crippen molar-refractivity contribution in [3.05, 3.63) is 0 Å². The highest BCUT2D eigenvalue weighted by atomic mass is 16.6. The summed E-state index contributed by atoms with van der Waals surface area (Å²) in [7, 11) is 4.04. The Morgan fingerprint density at radius 3 is 1.51 bits per heavy atom. The third kappa shape index (κ3) is 23.3. The molecular weight excluding hydrogens is 486 g/mol. The lowest BCUT2D eigenvalue weighted by molar-refractivity contribution is -0.164. The molecule has 0 aliphatic heterocycles. The number of nitrogens with zero attached hydrogens (tertiary/aromatic N) is 1. The van der Waals surface area contributed by atoms with Gasteiger partial charge in [0.1, 0.15) is 12.7 Å². The first-order chi connectivity index (χ1) is 18.8. The van der Waals surface area contributed by atoms with Gasteiger partial charge < -0.3 is 14.4 Å². The summed E-state index contributed by atoms with van der Waals surface area (Å²) in [5, 5.41) is 0. The highest BCUT2D eigenvalue weighted by Gasteiger charge is 2.24. The SMILES string of the molecule is CCCCCCCCCCCC(COC(=O)C(CCCCCC)CCCCCC)OC(=O)C(C)CCN(C)C. The number of rotatable bonds is 28. The predicted molar refractivity (Wildman–Crippen MR) is 166 cm³/mol. The average Bonchev–Trinajstić information content (AvgIpc) is 2.92. The molecular formula is C34H67NO4. The van der Waals surface area contributed by atoms with E-state index in [2.05, 4.69) is 25.7 Å². The van der Waals surface area contributed by atoms with Crippen molar-refractivity contribution >= 4 is 11.9 Å². The lowest BCUT2D eigenvalue weighted by atomic mass is 9.94. The third-order valence-corrected chi connectivity index (χ3v) is 7.88. The van der Waals surface area contributed by atoms with Gasteiger partial charge in [-0.1, -0.05) is 130 Å². The van der Waals surface area contributed by atoms with Crippen LogP contribution in [0.4, 0.5) is 0 Å². The zero-order valence-corrected chi connectivity index (χ0v) is 27.1. The summed E-state index contributed by atoms with van der Waals surface area (Å²) in [6, 6.07) is 0. The van der Waals surface area contributed by atoms with Crippen molar-refractivity contribution < 1.29 is 19.1 Å². The number of unbranched alkanes of at least 4 members (excludes halogenated alkanes) is 14. The summed E-state index contributed by atoms with van der Waals surface area (Å²) in [5.41, 5.74) is 0. The van der Waals surface area contributed by atoms with Crippen LogP contribution in [0.3, 0.4) is 0 Å². The first kappa shape index (κ1) is 37.9. The fourth-order valence-electron chi connectivity index (χ4n) is 5.02. The van der Waals surface area contributed by atoms with E-state index in [9.17, 15) is 9.59 Å². The highest BCUT2D eigenvalue weighted by molar-refractivity contribution is 5.73. The fraction of sp³-hybridized carbons (Fsp3) is 0.941. The molecule has 0 saturated carbocycles. The van der Waals surface area contributed by atoms with Crippen LogP contribution in [0.1, 0.15) is 163 Å². The van der Waals surface area contributed by atoms with E-state index < -0.39 is 0 Å². The molecule has 0 heterocycles. The van der Waals surface area contributed by atoms with E-state index >= 15 is 0 Å². The molecule has 0 rings (SSSR count). The van der Waals surface area contributed by atoms with E-state index in [0.29, 0.717) is 0 Å². The zero-order valence-electron chi connectivity index (χ0n) is 27.1. The summed E-state index contributed by atoms with van der Waals surface area (Å²) >= 11 is 0. The van der Waals surface area contributed by atoms with E-state index in [0.717, 1.165) is 57.9 Å². The van der Waals surface area contributed by atoms with E-state index in [-0.39, 0.29) is 36.5 Å². The molecule has 0 saturated heterocycles. The monoisotopic (exact) mass is 554 g/mol. The van der Waals surface area contributed by atoms with Gasteiger partial charge in [0.25, 0.3) is 0 Å². The molecule has 2 unspecified atom stereocenters. The summed E-state index contributed by atoms with van der Waals surface area (Å²) in [6.07, 6.45) is 23.7. The lowest BCUT2D eigenvalue weighted by Crippen LogP contribution is -2.30. The van der Waals surface area contributed by atoms with Gasteiger partial charge in [-0.2, -0.15) is 0 Å². The fourth-order valence-corrected chi connectivity index (χ4v) is 5.02. The summed E-state index contributed by atoms with van der Waals surface area (Å²) < 4.78 is 11.8. The Morgan fingerprint density at radius 1 is 0.590 bits per heavy atom. The Hall–Kier alpha value is -1.10. The maximum Gasteiger partial charge on any atom is 0.309 e. The van der Waals surface area contributed by atoms with Crippen molar-refractivity contribution in [2.45, 2.75) is 169 Å². The average molecular weight is 554 g/mol. The van der Waals surface area contributed by atoms with Gasteiger partial charge in [0.05, 0.1) is 11.8 Å². The molecule has 0 radical (unpaired) electrons. The van der Waals surface area contributed by atoms with Crippen molar-refractivity contribution in [1.82, 2.24) is 4.90 Å². The van der Waals surface area contributed by atoms with Crippen LogP contribution in [0.5, 0.6) is 0 Å². The molecule has 39 heavy (non-hydrogen) atoms. The molecule has 0 N–H and O–H groups in total. The molecule has 0 amide bonds. The van der Waals surface area contributed by atoms with Crippen LogP contribution in [0.25, 0.3) is 0 Å². The maximum atomic E-state index is 13.1. The number of ether oxygens (including phenoxy) is 2. The van der Waals surface area contributed by atoms with Crippen molar-refractivity contribution in [3.63, 3.8) is 0 Å². The van der Waals surface area contributed by atoms with Crippen LogP contribution >= 0.6 is 0 Å². The van der Waals surface area contributed by atoms with Gasteiger partial charge in [0.15, 0.2) is 0 Å². The van der Waals surface area contributed by atoms with E-state index in [1.807, 2.05) is 21.0 Å². The molecule has 0 aromatic heterocycles. The van der Waals surface area contributed by atoms with Gasteiger partial charge in [0, 0.05) is 0 Å². The molecule has 0 fully saturated rings.